The topological polar surface area (TPSA) is 81.4 Å². The molecule has 4 aromatic rings. The average Bonchev–Trinajstić information content (AvgIpc) is 3.24. The molecule has 0 aliphatic heterocycles. The number of hydrogen-bond donors (Lipinski definition) is 1. The normalized spacial score (nSPS) is 10.5. The third-order valence-electron chi connectivity index (χ3n) is 4.85. The first kappa shape index (κ1) is 22.3. The molecule has 33 heavy (non-hydrogen) atoms. The van der Waals surface area contributed by atoms with E-state index in [-0.39, 0.29) is 11.7 Å². The van der Waals surface area contributed by atoms with Gasteiger partial charge in [-0.25, -0.2) is 5.43 Å². The Morgan fingerprint density at radius 3 is 2.12 bits per heavy atom. The van der Waals surface area contributed by atoms with Gasteiger partial charge in [0.25, 0.3) is 5.91 Å². The van der Waals surface area contributed by atoms with Gasteiger partial charge in [-0.2, -0.15) is 5.10 Å². The second-order valence-corrected chi connectivity index (χ2v) is 8.02. The summed E-state index contributed by atoms with van der Waals surface area (Å²) in [6, 6.07) is 27.1. The maximum absolute atomic E-state index is 12.6. The van der Waals surface area contributed by atoms with Crippen LogP contribution in [0.3, 0.4) is 0 Å². The van der Waals surface area contributed by atoms with Crippen LogP contribution in [0.15, 0.2) is 95.2 Å². The molecule has 0 atom stereocenters. The molecule has 1 heterocycles. The smallest absolute Gasteiger partial charge is 0.250 e. The molecule has 0 aliphatic carbocycles. The Labute approximate surface area is 196 Å². The van der Waals surface area contributed by atoms with Crippen LogP contribution in [0, 0.1) is 6.92 Å². The van der Waals surface area contributed by atoms with Crippen molar-refractivity contribution >= 4 is 23.4 Å². The van der Waals surface area contributed by atoms with Crippen molar-refractivity contribution in [2.45, 2.75) is 12.1 Å². The lowest BCUT2D eigenvalue weighted by molar-refractivity contribution is -0.118. The number of ether oxygens (including phenoxy) is 1. The van der Waals surface area contributed by atoms with Crippen molar-refractivity contribution in [3.63, 3.8) is 0 Å². The van der Waals surface area contributed by atoms with E-state index in [1.54, 1.807) is 7.11 Å². The molecule has 0 aliphatic rings. The lowest BCUT2D eigenvalue weighted by atomic mass is 10.0. The fourth-order valence-corrected chi connectivity index (χ4v) is 4.02. The summed E-state index contributed by atoms with van der Waals surface area (Å²) in [6.45, 7) is 1.87. The minimum atomic E-state index is -0.230. The van der Waals surface area contributed by atoms with Crippen LogP contribution < -0.4 is 10.2 Å². The van der Waals surface area contributed by atoms with Crippen molar-refractivity contribution in [1.82, 2.24) is 20.2 Å². The van der Waals surface area contributed by atoms with Gasteiger partial charge in [0.05, 0.1) is 18.6 Å². The first-order valence-electron chi connectivity index (χ1n) is 10.3. The van der Waals surface area contributed by atoms with E-state index in [0.29, 0.717) is 10.9 Å². The first-order chi connectivity index (χ1) is 16.2. The Bertz CT molecular complexity index is 1200. The Morgan fingerprint density at radius 1 is 0.939 bits per heavy atom. The first-order valence-corrected chi connectivity index (χ1v) is 11.3. The average molecular weight is 458 g/mol. The molecule has 8 heteroatoms. The number of nitrogens with zero attached hydrogens (tertiary/aromatic N) is 4. The molecule has 0 spiro atoms. The Morgan fingerprint density at radius 2 is 1.55 bits per heavy atom. The van der Waals surface area contributed by atoms with Gasteiger partial charge in [-0.05, 0) is 31.2 Å². The maximum Gasteiger partial charge on any atom is 0.250 e. The lowest BCUT2D eigenvalue weighted by Gasteiger charge is -2.10. The van der Waals surface area contributed by atoms with Crippen LogP contribution in [-0.4, -0.2) is 39.2 Å². The van der Waals surface area contributed by atoms with Gasteiger partial charge in [0.1, 0.15) is 11.6 Å². The summed E-state index contributed by atoms with van der Waals surface area (Å²) in [6.07, 6.45) is 0. The number of amides is 1. The van der Waals surface area contributed by atoms with E-state index in [9.17, 15) is 4.79 Å². The SMILES string of the molecule is COc1ccc(-n2c(C)nnc2SCC(=O)NN=C(c2ccccc2)c2ccccc2)cc1. The number of carbonyl (C=O) groups excluding carboxylic acids is 1. The number of benzene rings is 3. The summed E-state index contributed by atoms with van der Waals surface area (Å²) < 4.78 is 7.13. The van der Waals surface area contributed by atoms with Crippen LogP contribution >= 0.6 is 11.8 Å². The molecule has 166 valence electrons. The Kier molecular flexibility index (Phi) is 7.16. The molecule has 3 aromatic carbocycles. The van der Waals surface area contributed by atoms with E-state index in [1.165, 1.54) is 11.8 Å². The zero-order valence-electron chi connectivity index (χ0n) is 18.3. The summed E-state index contributed by atoms with van der Waals surface area (Å²) in [7, 11) is 1.63. The van der Waals surface area contributed by atoms with E-state index < -0.39 is 0 Å². The van der Waals surface area contributed by atoms with Crippen LogP contribution in [0.25, 0.3) is 5.69 Å². The van der Waals surface area contributed by atoms with E-state index in [1.807, 2.05) is 96.4 Å². The maximum atomic E-state index is 12.6. The molecule has 1 N–H and O–H groups in total. The van der Waals surface area contributed by atoms with Gasteiger partial charge in [0, 0.05) is 16.8 Å². The molecule has 0 saturated heterocycles. The molecule has 0 saturated carbocycles. The molecule has 0 unspecified atom stereocenters. The summed E-state index contributed by atoms with van der Waals surface area (Å²) >= 11 is 1.30. The minimum absolute atomic E-state index is 0.147. The molecular formula is C25H23N5O2S. The Balaban J connectivity index is 1.47. The van der Waals surface area contributed by atoms with Crippen molar-refractivity contribution in [3.05, 3.63) is 102 Å². The largest absolute Gasteiger partial charge is 0.497 e. The standard InChI is InChI=1S/C25H23N5O2S/c1-18-26-29-25(30(18)21-13-15-22(32-2)16-14-21)33-17-23(31)27-28-24(19-9-5-3-6-10-19)20-11-7-4-8-12-20/h3-16H,17H2,1-2H3,(H,27,31). The molecule has 4 rings (SSSR count). The predicted molar refractivity (Wildman–Crippen MR) is 130 cm³/mol. The van der Waals surface area contributed by atoms with Crippen molar-refractivity contribution in [3.8, 4) is 11.4 Å². The van der Waals surface area contributed by atoms with Crippen LogP contribution in [-0.2, 0) is 4.79 Å². The van der Waals surface area contributed by atoms with E-state index in [4.69, 9.17) is 4.74 Å². The molecule has 0 radical (unpaired) electrons. The number of thioether (sulfide) groups is 1. The number of hydrogen-bond acceptors (Lipinski definition) is 6. The van der Waals surface area contributed by atoms with Gasteiger partial charge in [-0.15, -0.1) is 10.2 Å². The molecule has 7 nitrogen and oxygen atoms in total. The van der Waals surface area contributed by atoms with Gasteiger partial charge in [0.15, 0.2) is 5.16 Å². The van der Waals surface area contributed by atoms with Crippen LogP contribution in [0.4, 0.5) is 0 Å². The zero-order valence-corrected chi connectivity index (χ0v) is 19.1. The van der Waals surface area contributed by atoms with Gasteiger partial charge in [-0.3, -0.25) is 9.36 Å². The van der Waals surface area contributed by atoms with Gasteiger partial charge in [0.2, 0.25) is 0 Å². The number of methoxy groups -OCH3 is 1. The fraction of sp³-hybridized carbons (Fsp3) is 0.120. The summed E-state index contributed by atoms with van der Waals surface area (Å²) in [5, 5.41) is 13.5. The quantitative estimate of drug-likeness (QED) is 0.243. The minimum Gasteiger partial charge on any atom is -0.497 e. The number of carbonyl (C=O) groups is 1. The van der Waals surface area contributed by atoms with Crippen LogP contribution in [0.5, 0.6) is 5.75 Å². The second-order valence-electron chi connectivity index (χ2n) is 7.08. The van der Waals surface area contributed by atoms with Crippen LogP contribution in [0.2, 0.25) is 0 Å². The second kappa shape index (κ2) is 10.6. The third-order valence-corrected chi connectivity index (χ3v) is 5.77. The monoisotopic (exact) mass is 457 g/mol. The number of hydrazone groups is 1. The molecule has 0 fully saturated rings. The van der Waals surface area contributed by atoms with Crippen molar-refractivity contribution in [2.24, 2.45) is 5.10 Å². The fourth-order valence-electron chi connectivity index (χ4n) is 3.23. The van der Waals surface area contributed by atoms with Gasteiger partial charge >= 0.3 is 0 Å². The van der Waals surface area contributed by atoms with Crippen molar-refractivity contribution < 1.29 is 9.53 Å². The number of rotatable bonds is 8. The zero-order chi connectivity index (χ0) is 23.0. The number of nitrogens with one attached hydrogen (secondary N) is 1. The van der Waals surface area contributed by atoms with Gasteiger partial charge < -0.3 is 4.74 Å². The molecule has 1 aromatic heterocycles. The highest BCUT2D eigenvalue weighted by Gasteiger charge is 2.14. The van der Waals surface area contributed by atoms with E-state index in [2.05, 4.69) is 20.7 Å². The lowest BCUT2D eigenvalue weighted by Crippen LogP contribution is -2.22. The summed E-state index contributed by atoms with van der Waals surface area (Å²) in [5.74, 6) is 1.42. The number of aromatic nitrogens is 3. The summed E-state index contributed by atoms with van der Waals surface area (Å²) in [4.78, 5) is 12.6. The Hall–Kier alpha value is -3.91. The van der Waals surface area contributed by atoms with Crippen molar-refractivity contribution in [2.75, 3.05) is 12.9 Å². The van der Waals surface area contributed by atoms with Gasteiger partial charge in [-0.1, -0.05) is 72.4 Å². The highest BCUT2D eigenvalue weighted by molar-refractivity contribution is 7.99. The third kappa shape index (κ3) is 5.48. The van der Waals surface area contributed by atoms with Crippen LogP contribution in [0.1, 0.15) is 17.0 Å². The summed E-state index contributed by atoms with van der Waals surface area (Å²) in [5.41, 5.74) is 6.13. The molecule has 1 amide bonds. The van der Waals surface area contributed by atoms with E-state index >= 15 is 0 Å². The number of aryl methyl sites for hydroxylation is 1. The predicted octanol–water partition coefficient (Wildman–Crippen LogP) is 4.25. The highest BCUT2D eigenvalue weighted by atomic mass is 32.2. The molecule has 0 bridgehead atoms. The van der Waals surface area contributed by atoms with E-state index in [0.717, 1.165) is 28.4 Å². The van der Waals surface area contributed by atoms with Crippen molar-refractivity contribution in [1.29, 1.82) is 0 Å². The molecular weight excluding hydrogens is 434 g/mol. The highest BCUT2D eigenvalue weighted by Crippen LogP contribution is 2.23.